The normalized spacial score (nSPS) is 34.0. The van der Waals surface area contributed by atoms with Crippen LogP contribution in [0.2, 0.25) is 0 Å². The fraction of sp³-hybridized carbons (Fsp3) is 1.00. The first-order valence-corrected chi connectivity index (χ1v) is 6.78. The first-order valence-electron chi connectivity index (χ1n) is 6.78. The lowest BCUT2D eigenvalue weighted by atomic mass is 9.91. The van der Waals surface area contributed by atoms with Crippen molar-refractivity contribution in [3.05, 3.63) is 0 Å². The quantitative estimate of drug-likeness (QED) is 0.765. The molecule has 1 N–H and O–H groups in total. The molecule has 1 saturated carbocycles. The van der Waals surface area contributed by atoms with E-state index >= 15 is 0 Å². The molecule has 3 atom stereocenters. The summed E-state index contributed by atoms with van der Waals surface area (Å²) in [5.41, 5.74) is 0. The summed E-state index contributed by atoms with van der Waals surface area (Å²) in [4.78, 5) is 2.76. The zero-order chi connectivity index (χ0) is 10.7. The van der Waals surface area contributed by atoms with Gasteiger partial charge in [0, 0.05) is 18.6 Å². The minimum Gasteiger partial charge on any atom is -0.313 e. The zero-order valence-corrected chi connectivity index (χ0v) is 10.3. The first-order chi connectivity index (χ1) is 7.31. The van der Waals surface area contributed by atoms with Crippen LogP contribution in [0.15, 0.2) is 0 Å². The van der Waals surface area contributed by atoms with Gasteiger partial charge in [-0.15, -0.1) is 0 Å². The van der Waals surface area contributed by atoms with E-state index in [0.717, 1.165) is 18.5 Å². The topological polar surface area (TPSA) is 15.3 Å². The highest BCUT2D eigenvalue weighted by atomic mass is 15.2. The van der Waals surface area contributed by atoms with Crippen molar-refractivity contribution in [2.24, 2.45) is 5.92 Å². The van der Waals surface area contributed by atoms with Crippen molar-refractivity contribution in [2.45, 2.75) is 58.0 Å². The maximum Gasteiger partial charge on any atom is 0.0166 e. The maximum absolute atomic E-state index is 3.53. The van der Waals surface area contributed by atoms with Crippen LogP contribution in [0, 0.1) is 5.92 Å². The molecule has 2 aliphatic rings. The van der Waals surface area contributed by atoms with Crippen molar-refractivity contribution in [3.63, 3.8) is 0 Å². The third-order valence-corrected chi connectivity index (χ3v) is 4.17. The molecule has 2 nitrogen and oxygen atoms in total. The lowest BCUT2D eigenvalue weighted by Gasteiger charge is -2.39. The van der Waals surface area contributed by atoms with Gasteiger partial charge < -0.3 is 5.32 Å². The number of likely N-dealkylation sites (tertiary alicyclic amines) is 1. The fourth-order valence-electron chi connectivity index (χ4n) is 3.55. The van der Waals surface area contributed by atoms with Gasteiger partial charge in [-0.25, -0.2) is 0 Å². The molecule has 0 aromatic rings. The molecule has 0 radical (unpaired) electrons. The van der Waals surface area contributed by atoms with E-state index in [0.29, 0.717) is 6.04 Å². The Bertz CT molecular complexity index is 193. The summed E-state index contributed by atoms with van der Waals surface area (Å²) in [6, 6.07) is 1.59. The first kappa shape index (κ1) is 11.4. The van der Waals surface area contributed by atoms with E-state index in [1.54, 1.807) is 0 Å². The lowest BCUT2D eigenvalue weighted by molar-refractivity contribution is 0.104. The van der Waals surface area contributed by atoms with E-state index in [2.05, 4.69) is 24.1 Å². The van der Waals surface area contributed by atoms with Gasteiger partial charge >= 0.3 is 0 Å². The van der Waals surface area contributed by atoms with Gasteiger partial charge in [0.25, 0.3) is 0 Å². The molecule has 0 spiro atoms. The van der Waals surface area contributed by atoms with Crippen LogP contribution in [-0.2, 0) is 0 Å². The highest BCUT2D eigenvalue weighted by molar-refractivity contribution is 4.90. The van der Waals surface area contributed by atoms with E-state index in [1.807, 2.05) is 0 Å². The summed E-state index contributed by atoms with van der Waals surface area (Å²) < 4.78 is 0. The van der Waals surface area contributed by atoms with Crippen molar-refractivity contribution in [1.29, 1.82) is 0 Å². The predicted octanol–water partition coefficient (Wildman–Crippen LogP) is 2.25. The van der Waals surface area contributed by atoms with Crippen LogP contribution in [0.3, 0.4) is 0 Å². The SMILES string of the molecule is CCNC(C)CN1CCCC2CCCC21. The number of nitrogens with zero attached hydrogens (tertiary/aromatic N) is 1. The van der Waals surface area contributed by atoms with Crippen molar-refractivity contribution in [3.8, 4) is 0 Å². The molecule has 2 rings (SSSR count). The number of fused-ring (bicyclic) bond motifs is 1. The zero-order valence-electron chi connectivity index (χ0n) is 10.3. The average molecular weight is 210 g/mol. The molecule has 0 amide bonds. The molecule has 1 heterocycles. The molecule has 0 aromatic heterocycles. The van der Waals surface area contributed by atoms with Crippen LogP contribution in [0.5, 0.6) is 0 Å². The second kappa shape index (κ2) is 5.31. The standard InChI is InChI=1S/C13H26N2/c1-3-14-11(2)10-15-9-5-7-12-6-4-8-13(12)15/h11-14H,3-10H2,1-2H3. The van der Waals surface area contributed by atoms with E-state index < -0.39 is 0 Å². The molecule has 1 aliphatic carbocycles. The van der Waals surface area contributed by atoms with Gasteiger partial charge in [0.1, 0.15) is 0 Å². The van der Waals surface area contributed by atoms with Gasteiger partial charge in [0.2, 0.25) is 0 Å². The summed E-state index contributed by atoms with van der Waals surface area (Å²) in [5, 5.41) is 3.53. The maximum atomic E-state index is 3.53. The highest BCUT2D eigenvalue weighted by Gasteiger charge is 2.34. The Labute approximate surface area is 94.4 Å². The Morgan fingerprint density at radius 3 is 2.87 bits per heavy atom. The van der Waals surface area contributed by atoms with E-state index in [-0.39, 0.29) is 0 Å². The number of hydrogen-bond donors (Lipinski definition) is 1. The predicted molar refractivity (Wildman–Crippen MR) is 65.1 cm³/mol. The minimum atomic E-state index is 0.661. The Hall–Kier alpha value is -0.0800. The van der Waals surface area contributed by atoms with Crippen LogP contribution < -0.4 is 5.32 Å². The molecule has 2 heteroatoms. The number of piperidine rings is 1. The van der Waals surface area contributed by atoms with Gasteiger partial charge in [-0.1, -0.05) is 13.3 Å². The second-order valence-corrected chi connectivity index (χ2v) is 5.35. The smallest absolute Gasteiger partial charge is 0.0166 e. The van der Waals surface area contributed by atoms with E-state index in [9.17, 15) is 0 Å². The third kappa shape index (κ3) is 2.73. The summed E-state index contributed by atoms with van der Waals surface area (Å²) in [6.07, 6.45) is 7.36. The molecule has 88 valence electrons. The molecule has 3 unspecified atom stereocenters. The number of hydrogen-bond acceptors (Lipinski definition) is 2. The van der Waals surface area contributed by atoms with Gasteiger partial charge in [-0.3, -0.25) is 4.90 Å². The Morgan fingerprint density at radius 2 is 2.07 bits per heavy atom. The van der Waals surface area contributed by atoms with Crippen LogP contribution >= 0.6 is 0 Å². The summed E-state index contributed by atoms with van der Waals surface area (Å²) in [6.45, 7) is 8.22. The third-order valence-electron chi connectivity index (χ3n) is 4.17. The van der Waals surface area contributed by atoms with E-state index in [1.165, 1.54) is 45.2 Å². The van der Waals surface area contributed by atoms with Gasteiger partial charge in [0.15, 0.2) is 0 Å². The van der Waals surface area contributed by atoms with Crippen LogP contribution in [0.4, 0.5) is 0 Å². The average Bonchev–Trinajstić information content (AvgIpc) is 2.67. The highest BCUT2D eigenvalue weighted by Crippen LogP contribution is 2.36. The molecule has 0 aromatic carbocycles. The fourth-order valence-corrected chi connectivity index (χ4v) is 3.55. The lowest BCUT2D eigenvalue weighted by Crippen LogP contribution is -2.48. The van der Waals surface area contributed by atoms with Crippen LogP contribution in [-0.4, -0.2) is 36.6 Å². The molecule has 2 fully saturated rings. The van der Waals surface area contributed by atoms with Gasteiger partial charge in [-0.2, -0.15) is 0 Å². The molecule has 15 heavy (non-hydrogen) atoms. The Morgan fingerprint density at radius 1 is 1.27 bits per heavy atom. The largest absolute Gasteiger partial charge is 0.313 e. The molecular weight excluding hydrogens is 184 g/mol. The number of likely N-dealkylation sites (N-methyl/N-ethyl adjacent to an activating group) is 1. The summed E-state index contributed by atoms with van der Waals surface area (Å²) in [5.74, 6) is 1.03. The van der Waals surface area contributed by atoms with Crippen LogP contribution in [0.1, 0.15) is 46.0 Å². The van der Waals surface area contributed by atoms with Crippen molar-refractivity contribution < 1.29 is 0 Å². The van der Waals surface area contributed by atoms with Crippen molar-refractivity contribution >= 4 is 0 Å². The number of nitrogens with one attached hydrogen (secondary N) is 1. The van der Waals surface area contributed by atoms with Gasteiger partial charge in [0.05, 0.1) is 0 Å². The van der Waals surface area contributed by atoms with Crippen LogP contribution in [0.25, 0.3) is 0 Å². The summed E-state index contributed by atoms with van der Waals surface area (Å²) >= 11 is 0. The van der Waals surface area contributed by atoms with Gasteiger partial charge in [-0.05, 0) is 51.6 Å². The Kier molecular flexibility index (Phi) is 4.04. The molecular formula is C13H26N2. The Balaban J connectivity index is 1.84. The van der Waals surface area contributed by atoms with Crippen molar-refractivity contribution in [1.82, 2.24) is 10.2 Å². The molecule has 0 bridgehead atoms. The minimum absolute atomic E-state index is 0.661. The second-order valence-electron chi connectivity index (χ2n) is 5.35. The molecule has 1 aliphatic heterocycles. The van der Waals surface area contributed by atoms with Crippen molar-refractivity contribution in [2.75, 3.05) is 19.6 Å². The molecule has 1 saturated heterocycles. The van der Waals surface area contributed by atoms with E-state index in [4.69, 9.17) is 0 Å². The number of rotatable bonds is 4. The summed E-state index contributed by atoms with van der Waals surface area (Å²) in [7, 11) is 0. The monoisotopic (exact) mass is 210 g/mol.